The number of ether oxygens (including phenoxy) is 1. The highest BCUT2D eigenvalue weighted by molar-refractivity contribution is 7.09. The molecule has 0 saturated carbocycles. The van der Waals surface area contributed by atoms with Crippen LogP contribution < -0.4 is 10.5 Å². The molecule has 1 heterocycles. The van der Waals surface area contributed by atoms with E-state index in [1.807, 2.05) is 12.3 Å². The Labute approximate surface area is 63.8 Å². The van der Waals surface area contributed by atoms with Crippen molar-refractivity contribution in [3.8, 4) is 5.88 Å². The lowest BCUT2D eigenvalue weighted by atomic mass is 10.7. The average molecular weight is 157 g/mol. The number of thiazole rings is 1. The van der Waals surface area contributed by atoms with Gasteiger partial charge in [0.05, 0.1) is 18.5 Å². The zero-order valence-corrected chi connectivity index (χ0v) is 6.57. The normalized spacial score (nSPS) is 9.80. The van der Waals surface area contributed by atoms with Crippen molar-refractivity contribution in [2.45, 2.75) is 13.5 Å². The molecule has 1 aromatic heterocycles. The van der Waals surface area contributed by atoms with Gasteiger partial charge in [0, 0.05) is 0 Å². The predicted molar refractivity (Wildman–Crippen MR) is 40.1 cm³/mol. The molecule has 0 aromatic carbocycles. The predicted octanol–water partition coefficient (Wildman–Crippen LogP) is 1.32. The summed E-state index contributed by atoms with van der Waals surface area (Å²) in [6.45, 7) is 2.80. The Morgan fingerprint density at radius 3 is 3.10 bits per heavy atom. The van der Waals surface area contributed by atoms with Crippen LogP contribution >= 0.6 is 11.3 Å². The first-order valence-electron chi connectivity index (χ1n) is 3.08. The van der Waals surface area contributed by atoms with Gasteiger partial charge in [-0.2, -0.15) is 0 Å². The topological polar surface area (TPSA) is 45.9 Å². The van der Waals surface area contributed by atoms with Gasteiger partial charge < -0.3 is 4.74 Å². The third-order valence-corrected chi connectivity index (χ3v) is 1.80. The lowest BCUT2D eigenvalue weighted by Crippen LogP contribution is -1.91. The summed E-state index contributed by atoms with van der Waals surface area (Å²) in [4.78, 5) is 4.03. The molecule has 10 heavy (non-hydrogen) atoms. The van der Waals surface area contributed by atoms with Crippen molar-refractivity contribution in [2.24, 2.45) is 0 Å². The van der Waals surface area contributed by atoms with E-state index in [-0.39, 0.29) is 6.54 Å². The van der Waals surface area contributed by atoms with Crippen molar-refractivity contribution in [2.75, 3.05) is 6.61 Å². The van der Waals surface area contributed by atoms with E-state index < -0.39 is 0 Å². The summed E-state index contributed by atoms with van der Waals surface area (Å²) < 4.78 is 5.10. The molecule has 1 radical (unpaired) electrons. The molecule has 55 valence electrons. The maximum Gasteiger partial charge on any atom is 0.224 e. The van der Waals surface area contributed by atoms with Gasteiger partial charge in [0.25, 0.3) is 0 Å². The molecule has 1 N–H and O–H groups in total. The van der Waals surface area contributed by atoms with Crippen LogP contribution in [0.3, 0.4) is 0 Å². The lowest BCUT2D eigenvalue weighted by Gasteiger charge is -1.93. The van der Waals surface area contributed by atoms with Gasteiger partial charge in [-0.1, -0.05) is 0 Å². The van der Waals surface area contributed by atoms with Crippen molar-refractivity contribution < 1.29 is 4.74 Å². The molecule has 0 bridgehead atoms. The molecule has 0 aliphatic rings. The Hall–Kier alpha value is -0.610. The molecular formula is C6H9N2OS. The fourth-order valence-electron chi connectivity index (χ4n) is 0.589. The van der Waals surface area contributed by atoms with E-state index in [1.165, 1.54) is 11.3 Å². The number of aromatic nitrogens is 1. The van der Waals surface area contributed by atoms with E-state index in [4.69, 9.17) is 10.5 Å². The molecule has 0 aliphatic heterocycles. The first kappa shape index (κ1) is 7.50. The summed E-state index contributed by atoms with van der Waals surface area (Å²) >= 11 is 1.47. The minimum atomic E-state index is 0.248. The third kappa shape index (κ3) is 1.68. The van der Waals surface area contributed by atoms with Crippen LogP contribution in [0.1, 0.15) is 11.9 Å². The quantitative estimate of drug-likeness (QED) is 0.664. The molecule has 0 amide bonds. The van der Waals surface area contributed by atoms with E-state index >= 15 is 0 Å². The van der Waals surface area contributed by atoms with E-state index in [0.29, 0.717) is 12.5 Å². The van der Waals surface area contributed by atoms with E-state index in [0.717, 1.165) is 5.01 Å². The molecule has 0 saturated heterocycles. The van der Waals surface area contributed by atoms with E-state index in [2.05, 4.69) is 4.98 Å². The summed E-state index contributed by atoms with van der Waals surface area (Å²) in [5.74, 6) is 0.648. The van der Waals surface area contributed by atoms with E-state index in [1.54, 1.807) is 0 Å². The van der Waals surface area contributed by atoms with Crippen LogP contribution in [0.4, 0.5) is 0 Å². The summed E-state index contributed by atoms with van der Waals surface area (Å²) in [7, 11) is 0. The number of hydrogen-bond acceptors (Lipinski definition) is 3. The van der Waals surface area contributed by atoms with Crippen molar-refractivity contribution in [1.29, 1.82) is 0 Å². The Morgan fingerprint density at radius 1 is 1.80 bits per heavy atom. The van der Waals surface area contributed by atoms with E-state index in [9.17, 15) is 0 Å². The second kappa shape index (κ2) is 3.53. The van der Waals surface area contributed by atoms with Gasteiger partial charge in [-0.05, 0) is 6.92 Å². The zero-order valence-electron chi connectivity index (χ0n) is 5.76. The van der Waals surface area contributed by atoms with Crippen molar-refractivity contribution in [3.63, 3.8) is 0 Å². The van der Waals surface area contributed by atoms with Crippen LogP contribution in [0.15, 0.2) is 5.38 Å². The molecule has 0 spiro atoms. The Morgan fingerprint density at radius 2 is 2.60 bits per heavy atom. The number of hydrogen-bond donors (Lipinski definition) is 0. The van der Waals surface area contributed by atoms with Gasteiger partial charge in [0.2, 0.25) is 5.88 Å². The summed E-state index contributed by atoms with van der Waals surface area (Å²) in [5.41, 5.74) is 6.98. The Kier molecular flexibility index (Phi) is 2.65. The molecule has 0 aliphatic carbocycles. The average Bonchev–Trinajstić information content (AvgIpc) is 2.37. The molecular weight excluding hydrogens is 148 g/mol. The second-order valence-corrected chi connectivity index (χ2v) is 2.63. The summed E-state index contributed by atoms with van der Waals surface area (Å²) in [6, 6.07) is 0. The van der Waals surface area contributed by atoms with Crippen LogP contribution in [-0.4, -0.2) is 11.6 Å². The van der Waals surface area contributed by atoms with Gasteiger partial charge in [-0.25, -0.2) is 4.98 Å². The SMILES string of the molecule is CCOc1csc(C[NH])n1. The molecule has 0 atom stereocenters. The minimum absolute atomic E-state index is 0.248. The fraction of sp³-hybridized carbons (Fsp3) is 0.500. The third-order valence-electron chi connectivity index (χ3n) is 0.974. The highest BCUT2D eigenvalue weighted by atomic mass is 32.1. The van der Waals surface area contributed by atoms with Crippen LogP contribution in [0.2, 0.25) is 0 Å². The smallest absolute Gasteiger partial charge is 0.224 e. The van der Waals surface area contributed by atoms with Crippen LogP contribution in [0.25, 0.3) is 0 Å². The summed E-state index contributed by atoms with van der Waals surface area (Å²) in [6.07, 6.45) is 0. The highest BCUT2D eigenvalue weighted by Crippen LogP contribution is 2.15. The van der Waals surface area contributed by atoms with Crippen molar-refractivity contribution >= 4 is 11.3 Å². The minimum Gasteiger partial charge on any atom is -0.477 e. The van der Waals surface area contributed by atoms with Gasteiger partial charge in [0.15, 0.2) is 0 Å². The molecule has 0 unspecified atom stereocenters. The van der Waals surface area contributed by atoms with Gasteiger partial charge >= 0.3 is 0 Å². The standard InChI is InChI=1S/C6H9N2OS/c1-2-9-5-4-10-6(3-7)8-5/h4,7H,2-3H2,1H3. The number of nitrogens with zero attached hydrogens (tertiary/aromatic N) is 1. The molecule has 1 rings (SSSR count). The number of rotatable bonds is 3. The highest BCUT2D eigenvalue weighted by Gasteiger charge is 1.98. The van der Waals surface area contributed by atoms with Crippen molar-refractivity contribution in [1.82, 2.24) is 10.7 Å². The maximum atomic E-state index is 6.98. The fourth-order valence-corrected chi connectivity index (χ4v) is 1.17. The monoisotopic (exact) mass is 157 g/mol. The Balaban J connectivity index is 2.59. The van der Waals surface area contributed by atoms with Crippen LogP contribution in [-0.2, 0) is 6.54 Å². The Bertz CT molecular complexity index is 199. The molecule has 3 nitrogen and oxygen atoms in total. The largest absolute Gasteiger partial charge is 0.477 e. The number of nitrogens with one attached hydrogen (secondary N) is 1. The van der Waals surface area contributed by atoms with Crippen LogP contribution in [0, 0.1) is 0 Å². The van der Waals surface area contributed by atoms with Crippen molar-refractivity contribution in [3.05, 3.63) is 10.4 Å². The van der Waals surface area contributed by atoms with Crippen LogP contribution in [0.5, 0.6) is 5.88 Å². The maximum absolute atomic E-state index is 6.98. The second-order valence-electron chi connectivity index (χ2n) is 1.69. The first-order chi connectivity index (χ1) is 4.86. The zero-order chi connectivity index (χ0) is 7.40. The molecule has 1 aromatic rings. The van der Waals surface area contributed by atoms with Gasteiger partial charge in [0.1, 0.15) is 5.01 Å². The molecule has 4 heteroatoms. The summed E-state index contributed by atoms with van der Waals surface area (Å²) in [5, 5.41) is 2.64. The van der Waals surface area contributed by atoms with Gasteiger partial charge in [-0.15, -0.1) is 11.3 Å². The molecule has 0 fully saturated rings. The lowest BCUT2D eigenvalue weighted by molar-refractivity contribution is 0.328. The van der Waals surface area contributed by atoms with Gasteiger partial charge in [-0.3, -0.25) is 5.73 Å². The first-order valence-corrected chi connectivity index (χ1v) is 3.96.